The number of hydrogen-bond donors (Lipinski definition) is 3. The maximum atomic E-state index is 14.5. The lowest BCUT2D eigenvalue weighted by atomic mass is 10.1. The van der Waals surface area contributed by atoms with Gasteiger partial charge in [0.1, 0.15) is 5.82 Å². The van der Waals surface area contributed by atoms with Crippen molar-refractivity contribution < 1.29 is 18.7 Å². The molecule has 0 aliphatic heterocycles. The molecule has 2 aromatic carbocycles. The number of benzene rings is 2. The Hall–Kier alpha value is -1.72. The molecule has 0 atom stereocenters. The van der Waals surface area contributed by atoms with Gasteiger partial charge in [0.25, 0.3) is 0 Å². The Kier molecular flexibility index (Phi) is 9.82. The lowest BCUT2D eigenvalue weighted by Crippen LogP contribution is -2.20. The summed E-state index contributed by atoms with van der Waals surface area (Å²) >= 11 is 0. The van der Waals surface area contributed by atoms with Crippen molar-refractivity contribution in [1.29, 1.82) is 0 Å². The molecule has 0 fully saturated rings. The second-order valence-corrected chi connectivity index (χ2v) is 9.20. The molecule has 0 heterocycles. The molecule has 0 aliphatic rings. The summed E-state index contributed by atoms with van der Waals surface area (Å²) < 4.78 is 25.3. The van der Waals surface area contributed by atoms with E-state index < -0.39 is 7.60 Å². The molecule has 0 bridgehead atoms. The summed E-state index contributed by atoms with van der Waals surface area (Å²) in [5, 5.41) is 3.09. The monoisotopic (exact) mass is 422 g/mol. The molecule has 3 N–H and O–H groups in total. The fourth-order valence-electron chi connectivity index (χ4n) is 3.23. The lowest BCUT2D eigenvalue weighted by Gasteiger charge is -2.20. The molecule has 0 aromatic heterocycles. The van der Waals surface area contributed by atoms with Crippen LogP contribution in [0, 0.1) is 5.82 Å². The number of nitrogens with zero attached hydrogens (tertiary/aromatic N) is 1. The SMILES string of the molecule is CN(CCCCCc1ccccc1)c1ccc(CNCCCP(=O)(O)O)cc1F. The van der Waals surface area contributed by atoms with E-state index in [1.807, 2.05) is 24.1 Å². The Balaban J connectivity index is 1.68. The van der Waals surface area contributed by atoms with Gasteiger partial charge in [-0.05, 0) is 55.5 Å². The van der Waals surface area contributed by atoms with E-state index >= 15 is 0 Å². The summed E-state index contributed by atoms with van der Waals surface area (Å²) in [4.78, 5) is 19.6. The highest BCUT2D eigenvalue weighted by atomic mass is 31.2. The number of aryl methyl sites for hydroxylation is 1. The Morgan fingerprint density at radius 2 is 1.76 bits per heavy atom. The number of unbranched alkanes of at least 4 members (excludes halogenated alkanes) is 2. The van der Waals surface area contributed by atoms with E-state index in [9.17, 15) is 8.96 Å². The van der Waals surface area contributed by atoms with Crippen LogP contribution in [-0.2, 0) is 17.5 Å². The van der Waals surface area contributed by atoms with Crippen molar-refractivity contribution in [3.63, 3.8) is 0 Å². The number of anilines is 1. The van der Waals surface area contributed by atoms with E-state index in [0.717, 1.165) is 37.8 Å². The topological polar surface area (TPSA) is 72.8 Å². The highest BCUT2D eigenvalue weighted by Gasteiger charge is 2.11. The molecular weight excluding hydrogens is 390 g/mol. The predicted octanol–water partition coefficient (Wildman–Crippen LogP) is 4.33. The molecule has 2 aromatic rings. The highest BCUT2D eigenvalue weighted by molar-refractivity contribution is 7.51. The summed E-state index contributed by atoms with van der Waals surface area (Å²) in [7, 11) is -2.03. The third-order valence-corrected chi connectivity index (χ3v) is 5.76. The third-order valence-electron chi connectivity index (χ3n) is 4.86. The van der Waals surface area contributed by atoms with Crippen LogP contribution in [0.5, 0.6) is 0 Å². The van der Waals surface area contributed by atoms with Crippen LogP contribution in [-0.4, -0.2) is 36.1 Å². The van der Waals surface area contributed by atoms with Crippen LogP contribution in [0.4, 0.5) is 10.1 Å². The first-order chi connectivity index (χ1) is 13.8. The largest absolute Gasteiger partial charge is 0.372 e. The average molecular weight is 422 g/mol. The molecule has 2 rings (SSSR count). The van der Waals surface area contributed by atoms with E-state index in [2.05, 4.69) is 29.6 Å². The molecule has 0 saturated heterocycles. The zero-order valence-corrected chi connectivity index (χ0v) is 18.0. The van der Waals surface area contributed by atoms with Crippen LogP contribution in [0.15, 0.2) is 48.5 Å². The summed E-state index contributed by atoms with van der Waals surface area (Å²) in [6, 6.07) is 15.7. The smallest absolute Gasteiger partial charge is 0.325 e. The zero-order valence-electron chi connectivity index (χ0n) is 17.1. The summed E-state index contributed by atoms with van der Waals surface area (Å²) in [6.07, 6.45) is 4.59. The standard InChI is InChI=1S/C22H32FN2O3P/c1-25(15-7-3-6-11-19-9-4-2-5-10-19)22-13-12-20(17-21(22)23)18-24-14-8-16-29(26,27)28/h2,4-5,9-10,12-13,17,24H,3,6-8,11,14-16,18H2,1H3,(H2,26,27,28). The normalized spacial score (nSPS) is 11.6. The van der Waals surface area contributed by atoms with Gasteiger partial charge >= 0.3 is 7.60 Å². The van der Waals surface area contributed by atoms with Gasteiger partial charge in [0, 0.05) is 20.1 Å². The van der Waals surface area contributed by atoms with Crippen LogP contribution < -0.4 is 10.2 Å². The van der Waals surface area contributed by atoms with E-state index in [4.69, 9.17) is 9.79 Å². The Bertz CT molecular complexity index is 783. The van der Waals surface area contributed by atoms with Crippen molar-refractivity contribution in [3.8, 4) is 0 Å². The lowest BCUT2D eigenvalue weighted by molar-refractivity contribution is 0.371. The van der Waals surface area contributed by atoms with Gasteiger partial charge in [0.05, 0.1) is 11.8 Å². The minimum atomic E-state index is -3.94. The van der Waals surface area contributed by atoms with Crippen molar-refractivity contribution in [2.45, 2.75) is 38.6 Å². The molecular formula is C22H32FN2O3P. The van der Waals surface area contributed by atoms with Gasteiger partial charge in [0.15, 0.2) is 0 Å². The maximum Gasteiger partial charge on any atom is 0.325 e. The van der Waals surface area contributed by atoms with E-state index in [1.165, 1.54) is 11.6 Å². The molecule has 0 spiro atoms. The predicted molar refractivity (Wildman–Crippen MR) is 117 cm³/mol. The molecule has 29 heavy (non-hydrogen) atoms. The Labute approximate surface area is 173 Å². The molecule has 7 heteroatoms. The average Bonchev–Trinajstić information content (AvgIpc) is 2.67. The minimum absolute atomic E-state index is 0.135. The van der Waals surface area contributed by atoms with Gasteiger partial charge in [0.2, 0.25) is 0 Å². The maximum absolute atomic E-state index is 14.5. The van der Waals surface area contributed by atoms with Crippen LogP contribution in [0.3, 0.4) is 0 Å². The first-order valence-electron chi connectivity index (χ1n) is 10.1. The van der Waals surface area contributed by atoms with E-state index in [0.29, 0.717) is 25.2 Å². The highest BCUT2D eigenvalue weighted by Crippen LogP contribution is 2.34. The molecule has 0 saturated carbocycles. The zero-order chi connectivity index (χ0) is 21.1. The number of rotatable bonds is 13. The second kappa shape index (κ2) is 12.1. The van der Waals surface area contributed by atoms with Crippen molar-refractivity contribution in [2.24, 2.45) is 0 Å². The van der Waals surface area contributed by atoms with Crippen molar-refractivity contribution in [2.75, 3.05) is 31.2 Å². The van der Waals surface area contributed by atoms with Crippen LogP contribution in [0.1, 0.15) is 36.8 Å². The van der Waals surface area contributed by atoms with Crippen molar-refractivity contribution in [3.05, 3.63) is 65.5 Å². The van der Waals surface area contributed by atoms with E-state index in [-0.39, 0.29) is 12.0 Å². The number of hydrogen-bond acceptors (Lipinski definition) is 3. The van der Waals surface area contributed by atoms with Crippen molar-refractivity contribution >= 4 is 13.3 Å². The van der Waals surface area contributed by atoms with Gasteiger partial charge in [-0.3, -0.25) is 4.57 Å². The quantitative estimate of drug-likeness (QED) is 0.331. The summed E-state index contributed by atoms with van der Waals surface area (Å²) in [5.41, 5.74) is 2.77. The minimum Gasteiger partial charge on any atom is -0.372 e. The van der Waals surface area contributed by atoms with Gasteiger partial charge in [-0.2, -0.15) is 0 Å². The summed E-state index contributed by atoms with van der Waals surface area (Å²) in [6.45, 7) is 1.77. The number of halogens is 1. The third kappa shape index (κ3) is 9.55. The molecule has 0 unspecified atom stereocenters. The van der Waals surface area contributed by atoms with Gasteiger partial charge in [-0.1, -0.05) is 42.8 Å². The second-order valence-electron chi connectivity index (χ2n) is 7.42. The molecule has 5 nitrogen and oxygen atoms in total. The number of nitrogens with one attached hydrogen (secondary N) is 1. The molecule has 0 radical (unpaired) electrons. The fourth-order valence-corrected chi connectivity index (χ4v) is 3.80. The van der Waals surface area contributed by atoms with Gasteiger partial charge in [-0.25, -0.2) is 4.39 Å². The van der Waals surface area contributed by atoms with Gasteiger partial charge < -0.3 is 20.0 Å². The molecule has 0 amide bonds. The molecule has 0 aliphatic carbocycles. The molecule has 160 valence electrons. The van der Waals surface area contributed by atoms with Gasteiger partial charge in [-0.15, -0.1) is 0 Å². The first kappa shape index (κ1) is 23.6. The van der Waals surface area contributed by atoms with Crippen LogP contribution in [0.2, 0.25) is 0 Å². The van der Waals surface area contributed by atoms with Crippen LogP contribution in [0.25, 0.3) is 0 Å². The first-order valence-corrected chi connectivity index (χ1v) is 11.9. The summed E-state index contributed by atoms with van der Waals surface area (Å²) in [5.74, 6) is -0.244. The van der Waals surface area contributed by atoms with Crippen molar-refractivity contribution in [1.82, 2.24) is 5.32 Å². The Morgan fingerprint density at radius 3 is 2.45 bits per heavy atom. The fraction of sp³-hybridized carbons (Fsp3) is 0.455. The Morgan fingerprint density at radius 1 is 1.00 bits per heavy atom. The van der Waals surface area contributed by atoms with E-state index in [1.54, 1.807) is 6.07 Å². The van der Waals surface area contributed by atoms with Crippen LogP contribution >= 0.6 is 7.60 Å².